The zero-order valence-electron chi connectivity index (χ0n) is 7.77. The lowest BCUT2D eigenvalue weighted by Crippen LogP contribution is -2.49. The SMILES string of the molecule is CC1=C[N+](=O)[C@H]2CCCC[C@H]2N1[O-]. The molecule has 72 valence electrons. The predicted octanol–water partition coefficient (Wildman–Crippen LogP) is 1.75. The van der Waals surface area contributed by atoms with Gasteiger partial charge in [-0.1, -0.05) is 6.42 Å². The summed E-state index contributed by atoms with van der Waals surface area (Å²) in [6.07, 6.45) is 5.27. The number of fused-ring (bicyclic) bond motifs is 1. The first-order valence-corrected chi connectivity index (χ1v) is 4.80. The first-order valence-electron chi connectivity index (χ1n) is 4.80. The van der Waals surface area contributed by atoms with Gasteiger partial charge in [0.25, 0.3) is 0 Å². The van der Waals surface area contributed by atoms with Crippen LogP contribution in [0.15, 0.2) is 11.9 Å². The van der Waals surface area contributed by atoms with Gasteiger partial charge in [0.15, 0.2) is 0 Å². The molecule has 0 amide bonds. The van der Waals surface area contributed by atoms with Crippen LogP contribution in [0.3, 0.4) is 0 Å². The predicted molar refractivity (Wildman–Crippen MR) is 48.6 cm³/mol. The Morgan fingerprint density at radius 2 is 2.23 bits per heavy atom. The molecule has 4 nitrogen and oxygen atoms in total. The van der Waals surface area contributed by atoms with Crippen molar-refractivity contribution >= 4 is 0 Å². The molecule has 0 aromatic heterocycles. The van der Waals surface area contributed by atoms with Crippen LogP contribution in [0, 0.1) is 10.1 Å². The van der Waals surface area contributed by atoms with E-state index in [0.29, 0.717) is 5.70 Å². The van der Waals surface area contributed by atoms with Crippen molar-refractivity contribution in [2.45, 2.75) is 44.7 Å². The molecule has 4 heteroatoms. The maximum atomic E-state index is 11.6. The zero-order chi connectivity index (χ0) is 9.42. The van der Waals surface area contributed by atoms with E-state index in [1.165, 1.54) is 6.20 Å². The van der Waals surface area contributed by atoms with Gasteiger partial charge >= 0.3 is 0 Å². The molecule has 0 N–H and O–H groups in total. The number of hydrogen-bond donors (Lipinski definition) is 0. The molecule has 1 saturated carbocycles. The number of nitrogens with zero attached hydrogens (tertiary/aromatic N) is 2. The van der Waals surface area contributed by atoms with Crippen LogP contribution in [-0.2, 0) is 0 Å². The van der Waals surface area contributed by atoms with Crippen LogP contribution >= 0.6 is 0 Å². The summed E-state index contributed by atoms with van der Waals surface area (Å²) in [4.78, 5) is 11.5. The molecular weight excluding hydrogens is 168 g/mol. The van der Waals surface area contributed by atoms with Gasteiger partial charge in [-0.25, -0.2) is 0 Å². The molecule has 0 unspecified atom stereocenters. The Balaban J connectivity index is 2.26. The molecule has 0 aromatic rings. The molecular formula is C9H14N2O2. The van der Waals surface area contributed by atoms with Crippen molar-refractivity contribution in [1.82, 2.24) is 5.06 Å². The molecule has 2 aliphatic rings. The molecule has 1 aliphatic heterocycles. The van der Waals surface area contributed by atoms with Gasteiger partial charge in [-0.15, -0.1) is 0 Å². The molecule has 0 spiro atoms. The first kappa shape index (κ1) is 8.69. The Morgan fingerprint density at radius 1 is 1.54 bits per heavy atom. The van der Waals surface area contributed by atoms with E-state index in [4.69, 9.17) is 0 Å². The molecule has 2 rings (SSSR count). The number of nitroso groups, excluding NO2 is 1. The average Bonchev–Trinajstić information content (AvgIpc) is 2.15. The number of hydrogen-bond acceptors (Lipinski definition) is 3. The van der Waals surface area contributed by atoms with Crippen molar-refractivity contribution in [2.24, 2.45) is 0 Å². The fourth-order valence-corrected chi connectivity index (χ4v) is 2.26. The second-order valence-electron chi connectivity index (χ2n) is 3.88. The number of rotatable bonds is 0. The summed E-state index contributed by atoms with van der Waals surface area (Å²) in [5, 5.41) is 12.6. The molecule has 1 fully saturated rings. The Hall–Kier alpha value is -0.900. The maximum Gasteiger partial charge on any atom is 0.239 e. The van der Waals surface area contributed by atoms with E-state index in [2.05, 4.69) is 0 Å². The van der Waals surface area contributed by atoms with Gasteiger partial charge in [-0.05, 0) is 19.8 Å². The van der Waals surface area contributed by atoms with Crippen LogP contribution in [0.4, 0.5) is 0 Å². The third kappa shape index (κ3) is 1.35. The lowest BCUT2D eigenvalue weighted by atomic mass is 9.89. The minimum Gasteiger partial charge on any atom is -0.758 e. The summed E-state index contributed by atoms with van der Waals surface area (Å²) in [5.41, 5.74) is 0.540. The van der Waals surface area contributed by atoms with Crippen molar-refractivity contribution in [1.29, 1.82) is 0 Å². The normalized spacial score (nSPS) is 34.2. The maximum absolute atomic E-state index is 11.6. The Bertz CT molecular complexity index is 262. The van der Waals surface area contributed by atoms with Crippen molar-refractivity contribution < 1.29 is 4.76 Å². The molecule has 0 radical (unpaired) electrons. The Morgan fingerprint density at radius 3 is 3.00 bits per heavy atom. The van der Waals surface area contributed by atoms with Crippen molar-refractivity contribution in [3.8, 4) is 0 Å². The highest BCUT2D eigenvalue weighted by Gasteiger charge is 2.40. The third-order valence-electron chi connectivity index (χ3n) is 2.98. The summed E-state index contributed by atoms with van der Waals surface area (Å²) in [7, 11) is 0. The lowest BCUT2D eigenvalue weighted by Gasteiger charge is -2.43. The highest BCUT2D eigenvalue weighted by Crippen LogP contribution is 2.30. The van der Waals surface area contributed by atoms with Gasteiger partial charge < -0.3 is 10.3 Å². The molecule has 0 bridgehead atoms. The molecule has 1 aliphatic carbocycles. The Labute approximate surface area is 77.4 Å². The highest BCUT2D eigenvalue weighted by atomic mass is 16.5. The number of allylic oxidation sites excluding steroid dienone is 1. The van der Waals surface area contributed by atoms with Crippen LogP contribution in [0.25, 0.3) is 0 Å². The fraction of sp³-hybridized carbons (Fsp3) is 0.778. The van der Waals surface area contributed by atoms with Gasteiger partial charge in [-0.2, -0.15) is 0 Å². The monoisotopic (exact) mass is 182 g/mol. The smallest absolute Gasteiger partial charge is 0.239 e. The van der Waals surface area contributed by atoms with Crippen LogP contribution < -0.4 is 0 Å². The summed E-state index contributed by atoms with van der Waals surface area (Å²) in [6, 6.07) is -0.203. The van der Waals surface area contributed by atoms with Crippen molar-refractivity contribution in [2.75, 3.05) is 0 Å². The molecule has 0 saturated heterocycles. The fourth-order valence-electron chi connectivity index (χ4n) is 2.26. The largest absolute Gasteiger partial charge is 0.758 e. The Kier molecular flexibility index (Phi) is 2.07. The number of hydroxylamine groups is 2. The van der Waals surface area contributed by atoms with Gasteiger partial charge in [0.1, 0.15) is 0 Å². The van der Waals surface area contributed by atoms with Gasteiger partial charge in [-0.3, -0.25) is 0 Å². The van der Waals surface area contributed by atoms with Gasteiger partial charge in [0.2, 0.25) is 12.2 Å². The second kappa shape index (κ2) is 3.10. The molecule has 2 atom stereocenters. The van der Waals surface area contributed by atoms with E-state index < -0.39 is 0 Å². The van der Waals surface area contributed by atoms with Gasteiger partial charge in [0.05, 0.1) is 11.7 Å². The lowest BCUT2D eigenvalue weighted by molar-refractivity contribution is -0.540. The van der Waals surface area contributed by atoms with E-state index in [1.807, 2.05) is 0 Å². The second-order valence-corrected chi connectivity index (χ2v) is 3.88. The van der Waals surface area contributed by atoms with Crippen molar-refractivity contribution in [3.63, 3.8) is 0 Å². The zero-order valence-corrected chi connectivity index (χ0v) is 7.77. The minimum atomic E-state index is -0.102. The van der Waals surface area contributed by atoms with E-state index >= 15 is 0 Å². The molecule has 0 aromatic carbocycles. The summed E-state index contributed by atoms with van der Waals surface area (Å²) in [5.74, 6) is 0. The summed E-state index contributed by atoms with van der Waals surface area (Å²) >= 11 is 0. The molecule has 13 heavy (non-hydrogen) atoms. The first-order chi connectivity index (χ1) is 6.20. The van der Waals surface area contributed by atoms with Crippen LogP contribution in [0.1, 0.15) is 32.6 Å². The van der Waals surface area contributed by atoms with Crippen LogP contribution in [0.5, 0.6) is 0 Å². The average molecular weight is 182 g/mol. The van der Waals surface area contributed by atoms with Crippen LogP contribution in [-0.4, -0.2) is 21.9 Å². The summed E-state index contributed by atoms with van der Waals surface area (Å²) < 4.78 is 0.966. The van der Waals surface area contributed by atoms with E-state index in [0.717, 1.165) is 35.5 Å². The van der Waals surface area contributed by atoms with E-state index in [-0.39, 0.29) is 12.1 Å². The highest BCUT2D eigenvalue weighted by molar-refractivity contribution is 5.03. The summed E-state index contributed by atoms with van der Waals surface area (Å²) in [6.45, 7) is 1.70. The van der Waals surface area contributed by atoms with Crippen LogP contribution in [0.2, 0.25) is 0 Å². The van der Waals surface area contributed by atoms with Crippen molar-refractivity contribution in [3.05, 3.63) is 22.0 Å². The topological polar surface area (TPSA) is 46.4 Å². The quantitative estimate of drug-likeness (QED) is 0.536. The molecule has 1 heterocycles. The standard InChI is InChI=1S/C9H14N2O2/c1-7-6-10(12)8-4-2-3-5-9(8)11(7)13/h6,8-9H,2-5H2,1H3/t8-,9+/m0/s1. The van der Waals surface area contributed by atoms with E-state index in [1.54, 1.807) is 6.92 Å². The van der Waals surface area contributed by atoms with Gasteiger partial charge in [0, 0.05) is 16.1 Å². The third-order valence-corrected chi connectivity index (χ3v) is 2.98. The minimum absolute atomic E-state index is 0.101. The van der Waals surface area contributed by atoms with E-state index in [9.17, 15) is 10.1 Å².